The fourth-order valence-electron chi connectivity index (χ4n) is 9.47. The summed E-state index contributed by atoms with van der Waals surface area (Å²) in [7, 11) is 0. The highest BCUT2D eigenvalue weighted by Crippen LogP contribution is 2.29. The lowest BCUT2D eigenvalue weighted by atomic mass is 9.85. The van der Waals surface area contributed by atoms with Crippen LogP contribution in [0.3, 0.4) is 0 Å². The fraction of sp³-hybridized carbons (Fsp3) is 0.949. The number of carbonyl (C=O) groups excluding carboxylic acids is 1. The van der Waals surface area contributed by atoms with Gasteiger partial charge in [-0.2, -0.15) is 0 Å². The lowest BCUT2D eigenvalue weighted by molar-refractivity contribution is -0.143. The molecule has 0 bridgehead atoms. The van der Waals surface area contributed by atoms with Crippen LogP contribution in [0.1, 0.15) is 349 Å². The van der Waals surface area contributed by atoms with E-state index in [0.717, 1.165) is 38.5 Å². The third-order valence-corrected chi connectivity index (χ3v) is 14.0. The van der Waals surface area contributed by atoms with Crippen LogP contribution in [0.5, 0.6) is 0 Å². The van der Waals surface area contributed by atoms with Crippen molar-refractivity contribution >= 4 is 17.8 Å². The molecule has 66 heavy (non-hydrogen) atoms. The monoisotopic (exact) mass is 936 g/mol. The van der Waals surface area contributed by atoms with E-state index in [1.165, 1.54) is 263 Å². The number of carbonyl (C=O) groups is 3. The summed E-state index contributed by atoms with van der Waals surface area (Å²) in [6, 6.07) is -1.11. The third-order valence-electron chi connectivity index (χ3n) is 14.0. The first-order valence-electron chi connectivity index (χ1n) is 29.6. The van der Waals surface area contributed by atoms with Crippen LogP contribution >= 0.6 is 0 Å². The quantitative estimate of drug-likeness (QED) is 0.0450. The molecule has 4 N–H and O–H groups in total. The van der Waals surface area contributed by atoms with Crippen LogP contribution in [0.25, 0.3) is 0 Å². The molecule has 0 fully saturated rings. The molecule has 0 rings (SSSR count). The minimum absolute atomic E-state index is 0.0891. The first-order chi connectivity index (χ1) is 32.2. The van der Waals surface area contributed by atoms with Crippen molar-refractivity contribution in [1.82, 2.24) is 5.32 Å². The van der Waals surface area contributed by atoms with Crippen molar-refractivity contribution in [2.45, 2.75) is 360 Å². The molecule has 394 valence electrons. The first kappa shape index (κ1) is 66.5. The van der Waals surface area contributed by atoms with E-state index in [1.54, 1.807) is 0 Å². The van der Waals surface area contributed by atoms with Crippen LogP contribution in [0.2, 0.25) is 0 Å². The van der Waals surface area contributed by atoms with Crippen LogP contribution in [0.15, 0.2) is 0 Å². The van der Waals surface area contributed by atoms with Gasteiger partial charge in [0, 0.05) is 12.8 Å². The molecular weight excluding hydrogens is 819 g/mol. The summed E-state index contributed by atoms with van der Waals surface area (Å²) in [5.74, 6) is -2.57. The van der Waals surface area contributed by atoms with Gasteiger partial charge in [-0.3, -0.25) is 9.59 Å². The van der Waals surface area contributed by atoms with E-state index in [-0.39, 0.29) is 24.3 Å². The normalized spacial score (nSPS) is 12.7. The predicted molar refractivity (Wildman–Crippen MR) is 286 cm³/mol. The highest BCUT2D eigenvalue weighted by molar-refractivity contribution is 5.83. The molecule has 0 aliphatic rings. The van der Waals surface area contributed by atoms with Gasteiger partial charge in [0.25, 0.3) is 0 Å². The number of hydrogen-bond acceptors (Lipinski definition) is 4. The molecule has 0 aromatic carbocycles. The molecule has 0 radical (unpaired) electrons. The first-order valence-corrected chi connectivity index (χ1v) is 29.6. The molecule has 0 aliphatic carbocycles. The number of amides is 1. The summed E-state index contributed by atoms with van der Waals surface area (Å²) in [5.41, 5.74) is -0.375. The van der Waals surface area contributed by atoms with Crippen molar-refractivity contribution in [3.8, 4) is 0 Å². The fourth-order valence-corrected chi connectivity index (χ4v) is 9.47. The number of rotatable bonds is 53. The largest absolute Gasteiger partial charge is 0.481 e. The Balaban J connectivity index is 0. The van der Waals surface area contributed by atoms with Gasteiger partial charge in [-0.25, -0.2) is 4.79 Å². The van der Waals surface area contributed by atoms with Crippen LogP contribution in [0, 0.1) is 0 Å². The van der Waals surface area contributed by atoms with Gasteiger partial charge < -0.3 is 20.6 Å². The van der Waals surface area contributed by atoms with Crippen molar-refractivity contribution in [1.29, 1.82) is 0 Å². The number of unbranched alkanes of at least 4 members (excludes halogenated alkanes) is 40. The maximum atomic E-state index is 11.7. The van der Waals surface area contributed by atoms with E-state index in [4.69, 9.17) is 10.2 Å². The Morgan fingerprint density at radius 2 is 0.576 bits per heavy atom. The molecule has 0 aliphatic heterocycles. The summed E-state index contributed by atoms with van der Waals surface area (Å²) >= 11 is 0. The average Bonchev–Trinajstić information content (AvgIpc) is 3.30. The van der Waals surface area contributed by atoms with Gasteiger partial charge in [-0.05, 0) is 32.1 Å². The maximum absolute atomic E-state index is 11.7. The number of carboxylic acids is 2. The molecular formula is C59H117NO6. The third kappa shape index (κ3) is 53.3. The van der Waals surface area contributed by atoms with Gasteiger partial charge in [0.2, 0.25) is 5.91 Å². The predicted octanol–water partition coefficient (Wildman–Crippen LogP) is 18.9. The van der Waals surface area contributed by atoms with Crippen molar-refractivity contribution in [3.05, 3.63) is 0 Å². The molecule has 7 nitrogen and oxygen atoms in total. The summed E-state index contributed by atoms with van der Waals surface area (Å²) in [4.78, 5) is 33.1. The Hall–Kier alpha value is -1.63. The number of aliphatic hydroxyl groups is 1. The molecule has 0 aromatic rings. The van der Waals surface area contributed by atoms with Crippen molar-refractivity contribution in [2.75, 3.05) is 0 Å². The number of aliphatic carboxylic acids is 2. The second-order valence-electron chi connectivity index (χ2n) is 20.8. The SMILES string of the molecule is CCCCCCCCCCCC(=O)N[C@@H](CCC(=O)O)C(=O)O.CCCCCCCCCCCCCCCCCCCCCCC(O)(CCCCCCCC)CCCCCCCCCCC. The number of carboxylic acid groups (broad SMARTS) is 2. The van der Waals surface area contributed by atoms with E-state index < -0.39 is 18.0 Å². The van der Waals surface area contributed by atoms with E-state index in [9.17, 15) is 19.5 Å². The molecule has 0 saturated carbocycles. The highest BCUT2D eigenvalue weighted by Gasteiger charge is 2.25. The van der Waals surface area contributed by atoms with Crippen molar-refractivity contribution in [2.24, 2.45) is 0 Å². The second-order valence-corrected chi connectivity index (χ2v) is 20.8. The number of nitrogens with one attached hydrogen (secondary N) is 1. The summed E-state index contributed by atoms with van der Waals surface area (Å²) in [6.45, 7) is 9.10. The zero-order chi connectivity index (χ0) is 48.9. The summed E-state index contributed by atoms with van der Waals surface area (Å²) < 4.78 is 0. The van der Waals surface area contributed by atoms with Gasteiger partial charge in [-0.15, -0.1) is 0 Å². The smallest absolute Gasteiger partial charge is 0.326 e. The van der Waals surface area contributed by atoms with Crippen LogP contribution < -0.4 is 5.32 Å². The van der Waals surface area contributed by atoms with Gasteiger partial charge in [-0.1, -0.05) is 304 Å². The molecule has 1 unspecified atom stereocenters. The second kappa shape index (κ2) is 54.3. The lowest BCUT2D eigenvalue weighted by Crippen LogP contribution is -2.41. The van der Waals surface area contributed by atoms with Gasteiger partial charge in [0.1, 0.15) is 6.04 Å². The maximum Gasteiger partial charge on any atom is 0.326 e. The van der Waals surface area contributed by atoms with E-state index in [2.05, 4.69) is 33.0 Å². The summed E-state index contributed by atoms with van der Waals surface area (Å²) in [5, 5.41) is 31.5. The van der Waals surface area contributed by atoms with Crippen molar-refractivity contribution in [3.63, 3.8) is 0 Å². The standard InChI is InChI=1S/C42H86O.C17H31NO5/c1-4-7-10-13-16-18-19-20-21-22-23-24-25-26-27-28-30-32-35-38-41-42(43,39-36-33-15-12-9-6-3)40-37-34-31-29-17-14-11-8-5-2;1-2-3-4-5-6-7-8-9-10-11-15(19)18-14(17(22)23)12-13-16(20)21/h43H,4-41H2,1-3H3;14H,2-13H2,1H3,(H,18,19)(H,20,21)(H,22,23)/t;14-/m.0/s1. The average molecular weight is 937 g/mol. The van der Waals surface area contributed by atoms with Crippen molar-refractivity contribution < 1.29 is 29.7 Å². The van der Waals surface area contributed by atoms with Gasteiger partial charge >= 0.3 is 11.9 Å². The molecule has 0 heterocycles. The molecule has 0 aromatic heterocycles. The zero-order valence-electron chi connectivity index (χ0n) is 45.0. The van der Waals surface area contributed by atoms with Crippen LogP contribution in [-0.4, -0.2) is 44.8 Å². The molecule has 7 heteroatoms. The van der Waals surface area contributed by atoms with E-state index >= 15 is 0 Å². The van der Waals surface area contributed by atoms with Gasteiger partial charge in [0.05, 0.1) is 5.60 Å². The summed E-state index contributed by atoms with van der Waals surface area (Å²) in [6.07, 6.45) is 62.4. The highest BCUT2D eigenvalue weighted by atomic mass is 16.4. The Morgan fingerprint density at radius 1 is 0.348 bits per heavy atom. The molecule has 2 atom stereocenters. The number of hydrogen-bond donors (Lipinski definition) is 4. The Kier molecular flexibility index (Phi) is 54.7. The zero-order valence-corrected chi connectivity index (χ0v) is 45.0. The minimum Gasteiger partial charge on any atom is -0.481 e. The minimum atomic E-state index is -1.19. The topological polar surface area (TPSA) is 124 Å². The Labute approximate surface area is 411 Å². The van der Waals surface area contributed by atoms with Crippen LogP contribution in [0.4, 0.5) is 0 Å². The molecule has 1 amide bonds. The Bertz CT molecular complexity index is 1000. The lowest BCUT2D eigenvalue weighted by Gasteiger charge is -2.29. The Morgan fingerprint density at radius 3 is 0.803 bits per heavy atom. The molecule has 0 saturated heterocycles. The van der Waals surface area contributed by atoms with E-state index in [0.29, 0.717) is 6.42 Å². The van der Waals surface area contributed by atoms with Gasteiger partial charge in [0.15, 0.2) is 0 Å². The molecule has 0 spiro atoms. The van der Waals surface area contributed by atoms with Crippen LogP contribution in [-0.2, 0) is 14.4 Å². The van der Waals surface area contributed by atoms with E-state index in [1.807, 2.05) is 0 Å².